The van der Waals surface area contributed by atoms with Gasteiger partial charge in [0.2, 0.25) is 0 Å². The third-order valence-corrected chi connectivity index (χ3v) is 4.42. The Morgan fingerprint density at radius 3 is 2.64 bits per heavy atom. The van der Waals surface area contributed by atoms with Crippen molar-refractivity contribution in [3.63, 3.8) is 0 Å². The van der Waals surface area contributed by atoms with Crippen molar-refractivity contribution in [3.8, 4) is 18.1 Å². The number of carbonyl (C=O) groups excluding carboxylic acids is 1. The number of urea groups is 1. The minimum Gasteiger partial charge on any atom is -0.481 e. The van der Waals surface area contributed by atoms with E-state index in [-0.39, 0.29) is 12.6 Å². The zero-order chi connectivity index (χ0) is 18.1. The van der Waals surface area contributed by atoms with Gasteiger partial charge in [0.05, 0.1) is 0 Å². The minimum absolute atomic E-state index is 0.0928. The van der Waals surface area contributed by atoms with Gasteiger partial charge in [-0.25, -0.2) is 4.79 Å². The summed E-state index contributed by atoms with van der Waals surface area (Å²) < 4.78 is 6.34. The normalized spacial score (nSPS) is 9.96. The summed E-state index contributed by atoms with van der Waals surface area (Å²) in [6.45, 7) is 1.39. The van der Waals surface area contributed by atoms with Crippen LogP contribution in [0.15, 0.2) is 53.0 Å². The van der Waals surface area contributed by atoms with Crippen molar-refractivity contribution in [3.05, 3.63) is 64.1 Å². The Kier molecular flexibility index (Phi) is 7.36. The topological polar surface area (TPSA) is 41.6 Å². The molecule has 2 amide bonds. The molecule has 1 N–H and O–H groups in total. The van der Waals surface area contributed by atoms with Crippen molar-refractivity contribution in [1.82, 2.24) is 10.2 Å². The number of amides is 2. The molecular formula is C20H21BrN2O2. The van der Waals surface area contributed by atoms with Crippen molar-refractivity contribution >= 4 is 22.0 Å². The molecule has 0 aromatic heterocycles. The largest absolute Gasteiger partial charge is 0.481 e. The lowest BCUT2D eigenvalue weighted by atomic mass is 10.1. The fourth-order valence-corrected chi connectivity index (χ4v) is 2.69. The van der Waals surface area contributed by atoms with Crippen molar-refractivity contribution in [2.24, 2.45) is 0 Å². The van der Waals surface area contributed by atoms with Crippen molar-refractivity contribution in [2.45, 2.75) is 13.0 Å². The van der Waals surface area contributed by atoms with Gasteiger partial charge in [-0.2, -0.15) is 0 Å². The van der Waals surface area contributed by atoms with Crippen LogP contribution < -0.4 is 10.1 Å². The number of halogens is 1. The second kappa shape index (κ2) is 9.75. The molecule has 0 spiro atoms. The molecule has 2 aromatic carbocycles. The van der Waals surface area contributed by atoms with E-state index in [0.29, 0.717) is 13.1 Å². The monoisotopic (exact) mass is 400 g/mol. The Hall–Kier alpha value is -2.45. The lowest BCUT2D eigenvalue weighted by molar-refractivity contribution is 0.207. The Morgan fingerprint density at radius 2 is 1.96 bits per heavy atom. The van der Waals surface area contributed by atoms with E-state index in [1.165, 1.54) is 0 Å². The predicted octanol–water partition coefficient (Wildman–Crippen LogP) is 3.85. The standard InChI is InChI=1S/C20H21BrN2O2/c1-3-14-25-18-10-8-16(9-11-18)12-13-22-20(24)23(2)15-17-6-4-5-7-19(17)21/h1,4-11H,12-15H2,2H3,(H,22,24). The Balaban J connectivity index is 1.76. The van der Waals surface area contributed by atoms with Gasteiger partial charge in [-0.15, -0.1) is 6.42 Å². The van der Waals surface area contributed by atoms with Gasteiger partial charge in [0.1, 0.15) is 12.4 Å². The van der Waals surface area contributed by atoms with Crippen LogP contribution >= 0.6 is 15.9 Å². The highest BCUT2D eigenvalue weighted by molar-refractivity contribution is 9.10. The van der Waals surface area contributed by atoms with E-state index in [9.17, 15) is 4.79 Å². The first-order chi connectivity index (χ1) is 12.1. The molecule has 0 aliphatic rings. The Morgan fingerprint density at radius 1 is 1.24 bits per heavy atom. The number of ether oxygens (including phenoxy) is 1. The van der Waals surface area contributed by atoms with Gasteiger partial charge < -0.3 is 15.0 Å². The first kappa shape index (κ1) is 18.9. The minimum atomic E-state index is -0.0928. The van der Waals surface area contributed by atoms with Crippen LogP contribution in [0, 0.1) is 12.3 Å². The van der Waals surface area contributed by atoms with Crippen molar-refractivity contribution < 1.29 is 9.53 Å². The smallest absolute Gasteiger partial charge is 0.317 e. The van der Waals surface area contributed by atoms with E-state index in [1.807, 2.05) is 48.5 Å². The second-order valence-electron chi connectivity index (χ2n) is 5.57. The number of benzene rings is 2. The molecule has 0 aliphatic heterocycles. The second-order valence-corrected chi connectivity index (χ2v) is 6.42. The highest BCUT2D eigenvalue weighted by Crippen LogP contribution is 2.17. The third-order valence-electron chi connectivity index (χ3n) is 3.65. The average molecular weight is 401 g/mol. The van der Waals surface area contributed by atoms with Crippen LogP contribution in [0.3, 0.4) is 0 Å². The number of carbonyl (C=O) groups is 1. The Labute approximate surface area is 157 Å². The quantitative estimate of drug-likeness (QED) is 0.717. The maximum Gasteiger partial charge on any atom is 0.317 e. The first-order valence-corrected chi connectivity index (χ1v) is 8.77. The lowest BCUT2D eigenvalue weighted by Crippen LogP contribution is -2.37. The summed E-state index contributed by atoms with van der Waals surface area (Å²) in [4.78, 5) is 13.8. The van der Waals surface area contributed by atoms with Crippen LogP contribution in [0.4, 0.5) is 4.79 Å². The van der Waals surface area contributed by atoms with Gasteiger partial charge in [0.25, 0.3) is 0 Å². The summed E-state index contributed by atoms with van der Waals surface area (Å²) in [5.74, 6) is 3.18. The van der Waals surface area contributed by atoms with Gasteiger partial charge >= 0.3 is 6.03 Å². The molecule has 0 unspecified atom stereocenters. The van der Waals surface area contributed by atoms with Crippen molar-refractivity contribution in [2.75, 3.05) is 20.2 Å². The van der Waals surface area contributed by atoms with Gasteiger partial charge in [-0.05, 0) is 35.7 Å². The summed E-state index contributed by atoms with van der Waals surface area (Å²) in [5, 5.41) is 2.93. The molecule has 0 saturated heterocycles. The van der Waals surface area contributed by atoms with Crippen LogP contribution in [0.25, 0.3) is 0 Å². The van der Waals surface area contributed by atoms with Gasteiger partial charge in [-0.3, -0.25) is 0 Å². The number of hydrogen-bond donors (Lipinski definition) is 1. The zero-order valence-corrected chi connectivity index (χ0v) is 15.8. The molecular weight excluding hydrogens is 380 g/mol. The molecule has 5 heteroatoms. The Bertz CT molecular complexity index is 738. The number of rotatable bonds is 7. The molecule has 0 atom stereocenters. The van der Waals surface area contributed by atoms with Crippen LogP contribution in [0.2, 0.25) is 0 Å². The van der Waals surface area contributed by atoms with Gasteiger partial charge in [-0.1, -0.05) is 52.2 Å². The van der Waals surface area contributed by atoms with E-state index in [0.717, 1.165) is 27.8 Å². The molecule has 130 valence electrons. The molecule has 0 aliphatic carbocycles. The molecule has 0 fully saturated rings. The highest BCUT2D eigenvalue weighted by Gasteiger charge is 2.10. The molecule has 0 radical (unpaired) electrons. The van der Waals surface area contributed by atoms with Gasteiger partial charge in [0, 0.05) is 24.6 Å². The SMILES string of the molecule is C#CCOc1ccc(CCNC(=O)N(C)Cc2ccccc2Br)cc1. The number of hydrogen-bond acceptors (Lipinski definition) is 2. The fraction of sp³-hybridized carbons (Fsp3) is 0.250. The van der Waals surface area contributed by atoms with Crippen LogP contribution in [0.5, 0.6) is 5.75 Å². The third kappa shape index (κ3) is 6.17. The number of nitrogens with zero attached hydrogens (tertiary/aromatic N) is 1. The summed E-state index contributed by atoms with van der Waals surface area (Å²) in [7, 11) is 1.78. The molecule has 0 bridgehead atoms. The maximum absolute atomic E-state index is 12.2. The van der Waals surface area contributed by atoms with Crippen molar-refractivity contribution in [1.29, 1.82) is 0 Å². The highest BCUT2D eigenvalue weighted by atomic mass is 79.9. The van der Waals surface area contributed by atoms with Crippen LogP contribution in [-0.2, 0) is 13.0 Å². The van der Waals surface area contributed by atoms with Gasteiger partial charge in [0.15, 0.2) is 0 Å². The molecule has 0 saturated carbocycles. The predicted molar refractivity (Wildman–Crippen MR) is 103 cm³/mol. The van der Waals surface area contributed by atoms with E-state index in [2.05, 4.69) is 27.2 Å². The van der Waals surface area contributed by atoms with E-state index in [1.54, 1.807) is 11.9 Å². The molecule has 0 heterocycles. The molecule has 2 rings (SSSR count). The van der Waals surface area contributed by atoms with E-state index >= 15 is 0 Å². The lowest BCUT2D eigenvalue weighted by Gasteiger charge is -2.19. The summed E-state index contributed by atoms with van der Waals surface area (Å²) >= 11 is 3.50. The molecule has 4 nitrogen and oxygen atoms in total. The summed E-state index contributed by atoms with van der Waals surface area (Å²) in [6, 6.07) is 15.5. The number of terminal acetylenes is 1. The molecule has 2 aromatic rings. The maximum atomic E-state index is 12.2. The summed E-state index contributed by atoms with van der Waals surface area (Å²) in [6.07, 6.45) is 5.91. The first-order valence-electron chi connectivity index (χ1n) is 7.97. The van der Waals surface area contributed by atoms with E-state index < -0.39 is 0 Å². The zero-order valence-electron chi connectivity index (χ0n) is 14.2. The summed E-state index contributed by atoms with van der Waals surface area (Å²) in [5.41, 5.74) is 2.20. The van der Waals surface area contributed by atoms with Crippen LogP contribution in [0.1, 0.15) is 11.1 Å². The van der Waals surface area contributed by atoms with Crippen LogP contribution in [-0.4, -0.2) is 31.1 Å². The fourth-order valence-electron chi connectivity index (χ4n) is 2.28. The average Bonchev–Trinajstić information content (AvgIpc) is 2.62. The number of nitrogens with one attached hydrogen (secondary N) is 1. The molecule has 25 heavy (non-hydrogen) atoms. The van der Waals surface area contributed by atoms with E-state index in [4.69, 9.17) is 11.2 Å².